The minimum atomic E-state index is 0.0570. The lowest BCUT2D eigenvalue weighted by atomic mass is 9.84. The van der Waals surface area contributed by atoms with Gasteiger partial charge in [0.2, 0.25) is 0 Å². The Balaban J connectivity index is 4.19. The van der Waals surface area contributed by atoms with Gasteiger partial charge in [0.1, 0.15) is 0 Å². The Bertz CT molecular complexity index is 189. The largest absolute Gasteiger partial charge is 0.274 e. The lowest BCUT2D eigenvalue weighted by Crippen LogP contribution is -2.28. The van der Waals surface area contributed by atoms with Gasteiger partial charge in [-0.2, -0.15) is 0 Å². The van der Waals surface area contributed by atoms with Gasteiger partial charge in [-0.25, -0.2) is 0 Å². The lowest BCUT2D eigenvalue weighted by molar-refractivity contribution is 0.343. The van der Waals surface area contributed by atoms with Gasteiger partial charge < -0.3 is 0 Å². The Morgan fingerprint density at radius 3 is 1.56 bits per heavy atom. The first kappa shape index (κ1) is 18.1. The van der Waals surface area contributed by atoms with Gasteiger partial charge in [0, 0.05) is 0 Å². The van der Waals surface area contributed by atoms with Gasteiger partial charge in [0.25, 0.3) is 0 Å². The molecule has 1 nitrogen and oxygen atoms in total. The van der Waals surface area contributed by atoms with Crippen LogP contribution in [0.25, 0.3) is 0 Å². The third kappa shape index (κ3) is 6.88. The molecule has 0 aromatic rings. The van der Waals surface area contributed by atoms with Crippen molar-refractivity contribution < 1.29 is 4.57 Å². The highest BCUT2D eigenvalue weighted by molar-refractivity contribution is 7.26. The van der Waals surface area contributed by atoms with Crippen LogP contribution < -0.4 is 0 Å². The first-order chi connectivity index (χ1) is 8.63. The van der Waals surface area contributed by atoms with Crippen LogP contribution in [0.1, 0.15) is 91.9 Å². The van der Waals surface area contributed by atoms with Crippen LogP contribution in [0.3, 0.4) is 0 Å². The zero-order valence-corrected chi connectivity index (χ0v) is 13.9. The van der Waals surface area contributed by atoms with E-state index in [0.717, 1.165) is 12.8 Å². The van der Waals surface area contributed by atoms with Gasteiger partial charge in [0.15, 0.2) is 8.46 Å². The fraction of sp³-hybridized carbons (Fsp3) is 1.00. The van der Waals surface area contributed by atoms with Crippen molar-refractivity contribution in [2.75, 3.05) is 0 Å². The standard InChI is InChI=1S/C16H33OP/c1-5-7-9-11-13-16(18-17,15(3)4)14-12-10-8-6-2/h15H,5-14H2,1-4H3. The Kier molecular flexibility index (Phi) is 11.0. The van der Waals surface area contributed by atoms with Gasteiger partial charge >= 0.3 is 0 Å². The van der Waals surface area contributed by atoms with Crippen molar-refractivity contribution >= 4 is 8.46 Å². The SMILES string of the molecule is CCCCCCC(CCCCCC)(P=O)C(C)C. The first-order valence-corrected chi connectivity index (χ1v) is 8.78. The smallest absolute Gasteiger partial charge is 0.162 e. The predicted octanol–water partition coefficient (Wildman–Crippen LogP) is 6.61. The molecule has 0 N–H and O–H groups in total. The summed E-state index contributed by atoms with van der Waals surface area (Å²) in [5.74, 6) is 0.528. The number of hydrogen-bond donors (Lipinski definition) is 0. The Hall–Kier alpha value is 0.100. The molecule has 0 radical (unpaired) electrons. The van der Waals surface area contributed by atoms with Gasteiger partial charge in [-0.3, -0.25) is 4.57 Å². The first-order valence-electron chi connectivity index (χ1n) is 7.97. The summed E-state index contributed by atoms with van der Waals surface area (Å²) in [5.41, 5.74) is 0. The molecule has 108 valence electrons. The molecule has 0 unspecified atom stereocenters. The van der Waals surface area contributed by atoms with E-state index in [-0.39, 0.29) is 5.16 Å². The van der Waals surface area contributed by atoms with Gasteiger partial charge in [-0.1, -0.05) is 79.1 Å². The Morgan fingerprint density at radius 1 is 0.833 bits per heavy atom. The van der Waals surface area contributed by atoms with Crippen LogP contribution in [-0.4, -0.2) is 5.16 Å². The molecule has 0 saturated heterocycles. The molecular weight excluding hydrogens is 239 g/mol. The highest BCUT2D eigenvalue weighted by Gasteiger charge is 2.33. The third-order valence-corrected chi connectivity index (χ3v) is 5.51. The van der Waals surface area contributed by atoms with Crippen LogP contribution in [-0.2, 0) is 4.57 Å². The number of unbranched alkanes of at least 4 members (excludes halogenated alkanes) is 6. The molecule has 0 saturated carbocycles. The molecule has 0 amide bonds. The average Bonchev–Trinajstić information content (AvgIpc) is 2.37. The molecule has 2 heteroatoms. The molecule has 0 aliphatic heterocycles. The maximum atomic E-state index is 11.7. The molecular formula is C16H33OP. The second kappa shape index (κ2) is 11.0. The summed E-state index contributed by atoms with van der Waals surface area (Å²) in [6.07, 6.45) is 12.6. The molecule has 0 atom stereocenters. The highest BCUT2D eigenvalue weighted by atomic mass is 31.1. The predicted molar refractivity (Wildman–Crippen MR) is 82.7 cm³/mol. The maximum absolute atomic E-state index is 11.7. The quantitative estimate of drug-likeness (QED) is 0.288. The molecule has 0 aromatic heterocycles. The Labute approximate surface area is 116 Å². The normalized spacial score (nSPS) is 12.5. The van der Waals surface area contributed by atoms with E-state index in [0.29, 0.717) is 14.4 Å². The van der Waals surface area contributed by atoms with E-state index >= 15 is 0 Å². The van der Waals surface area contributed by atoms with Crippen LogP contribution >= 0.6 is 8.46 Å². The van der Waals surface area contributed by atoms with Crippen molar-refractivity contribution in [1.29, 1.82) is 0 Å². The summed E-state index contributed by atoms with van der Waals surface area (Å²) in [7, 11) is 0.382. The fourth-order valence-electron chi connectivity index (χ4n) is 2.61. The summed E-state index contributed by atoms with van der Waals surface area (Å²) in [4.78, 5) is 0. The van der Waals surface area contributed by atoms with E-state index in [1.54, 1.807) is 0 Å². The fourth-order valence-corrected chi connectivity index (χ4v) is 3.32. The van der Waals surface area contributed by atoms with Crippen molar-refractivity contribution in [2.45, 2.75) is 97.1 Å². The summed E-state index contributed by atoms with van der Waals surface area (Å²) in [5, 5.41) is 0.0570. The summed E-state index contributed by atoms with van der Waals surface area (Å²) >= 11 is 0. The molecule has 0 bridgehead atoms. The maximum Gasteiger partial charge on any atom is 0.162 e. The van der Waals surface area contributed by atoms with Crippen LogP contribution in [0.4, 0.5) is 0 Å². The van der Waals surface area contributed by atoms with E-state index < -0.39 is 0 Å². The molecule has 0 fully saturated rings. The highest BCUT2D eigenvalue weighted by Crippen LogP contribution is 2.41. The van der Waals surface area contributed by atoms with E-state index in [9.17, 15) is 4.57 Å². The number of rotatable bonds is 12. The van der Waals surface area contributed by atoms with Crippen molar-refractivity contribution in [2.24, 2.45) is 5.92 Å². The molecule has 18 heavy (non-hydrogen) atoms. The zero-order valence-electron chi connectivity index (χ0n) is 13.0. The topological polar surface area (TPSA) is 17.1 Å². The van der Waals surface area contributed by atoms with Crippen LogP contribution in [0.2, 0.25) is 0 Å². The second-order valence-corrected chi connectivity index (χ2v) is 7.04. The van der Waals surface area contributed by atoms with Crippen molar-refractivity contribution in [1.82, 2.24) is 0 Å². The zero-order chi connectivity index (χ0) is 13.9. The molecule has 0 aromatic carbocycles. The average molecular weight is 272 g/mol. The molecule has 0 rings (SSSR count). The van der Waals surface area contributed by atoms with Crippen molar-refractivity contribution in [3.8, 4) is 0 Å². The van der Waals surface area contributed by atoms with E-state index in [4.69, 9.17) is 0 Å². The molecule has 0 heterocycles. The lowest BCUT2D eigenvalue weighted by Gasteiger charge is -2.31. The van der Waals surface area contributed by atoms with Gasteiger partial charge in [0.05, 0.1) is 5.16 Å². The second-order valence-electron chi connectivity index (χ2n) is 5.97. The van der Waals surface area contributed by atoms with Crippen LogP contribution in [0, 0.1) is 5.92 Å². The van der Waals surface area contributed by atoms with Crippen molar-refractivity contribution in [3.05, 3.63) is 0 Å². The van der Waals surface area contributed by atoms with Crippen LogP contribution in [0.15, 0.2) is 0 Å². The Morgan fingerprint density at radius 2 is 1.28 bits per heavy atom. The molecule has 0 aliphatic rings. The van der Waals surface area contributed by atoms with E-state index in [1.165, 1.54) is 51.4 Å². The number of hydrogen-bond acceptors (Lipinski definition) is 1. The summed E-state index contributed by atoms with van der Waals surface area (Å²) in [6.45, 7) is 8.97. The third-order valence-electron chi connectivity index (χ3n) is 4.18. The molecule has 0 aliphatic carbocycles. The molecule has 0 spiro atoms. The minimum absolute atomic E-state index is 0.0570. The summed E-state index contributed by atoms with van der Waals surface area (Å²) < 4.78 is 11.7. The van der Waals surface area contributed by atoms with Gasteiger partial charge in [-0.15, -0.1) is 0 Å². The summed E-state index contributed by atoms with van der Waals surface area (Å²) in [6, 6.07) is 0. The van der Waals surface area contributed by atoms with E-state index in [2.05, 4.69) is 27.7 Å². The van der Waals surface area contributed by atoms with Crippen LogP contribution in [0.5, 0.6) is 0 Å². The van der Waals surface area contributed by atoms with Gasteiger partial charge in [-0.05, 0) is 18.8 Å². The minimum Gasteiger partial charge on any atom is -0.274 e. The van der Waals surface area contributed by atoms with Crippen molar-refractivity contribution in [3.63, 3.8) is 0 Å². The monoisotopic (exact) mass is 272 g/mol. The van der Waals surface area contributed by atoms with E-state index in [1.807, 2.05) is 0 Å².